The molecule has 58 valence electrons. The number of hydrogen-bond donors (Lipinski definition) is 1. The molecule has 0 aliphatic rings. The molecule has 0 aromatic heterocycles. The number of halogens is 1. The SMILES string of the molecule is CC(OC(=O)CCl)C(=O)O. The second-order valence-corrected chi connectivity index (χ2v) is 1.87. The van der Waals surface area contributed by atoms with E-state index < -0.39 is 18.0 Å². The summed E-state index contributed by atoms with van der Waals surface area (Å²) < 4.78 is 4.29. The zero-order valence-electron chi connectivity index (χ0n) is 5.33. The number of hydrogen-bond acceptors (Lipinski definition) is 3. The van der Waals surface area contributed by atoms with Gasteiger partial charge in [0, 0.05) is 0 Å². The summed E-state index contributed by atoms with van der Waals surface area (Å²) in [4.78, 5) is 20.3. The van der Waals surface area contributed by atoms with Gasteiger partial charge < -0.3 is 9.84 Å². The van der Waals surface area contributed by atoms with Gasteiger partial charge in [-0.2, -0.15) is 0 Å². The first-order chi connectivity index (χ1) is 4.57. The number of carbonyl (C=O) groups excluding carboxylic acids is 1. The largest absolute Gasteiger partial charge is 0.479 e. The molecule has 4 nitrogen and oxygen atoms in total. The van der Waals surface area contributed by atoms with Gasteiger partial charge >= 0.3 is 11.9 Å². The van der Waals surface area contributed by atoms with Gasteiger partial charge in [0.1, 0.15) is 5.88 Å². The lowest BCUT2D eigenvalue weighted by molar-refractivity contribution is -0.160. The van der Waals surface area contributed by atoms with Crippen LogP contribution in [0, 0.1) is 0 Å². The minimum atomic E-state index is -1.18. The van der Waals surface area contributed by atoms with E-state index in [-0.39, 0.29) is 5.88 Å². The summed E-state index contributed by atoms with van der Waals surface area (Å²) in [5, 5.41) is 8.21. The maximum Gasteiger partial charge on any atom is 0.344 e. The fourth-order valence-electron chi connectivity index (χ4n) is 0.279. The quantitative estimate of drug-likeness (QED) is 0.482. The Labute approximate surface area is 62.7 Å². The molecule has 1 N–H and O–H groups in total. The number of carboxylic acids is 1. The molecule has 0 bridgehead atoms. The molecule has 5 heteroatoms. The molecule has 1 atom stereocenters. The molecule has 0 aromatic rings. The minimum absolute atomic E-state index is 0.322. The van der Waals surface area contributed by atoms with E-state index in [1.165, 1.54) is 6.92 Å². The molecule has 0 rings (SSSR count). The highest BCUT2D eigenvalue weighted by Crippen LogP contribution is 1.92. The van der Waals surface area contributed by atoms with Crippen molar-refractivity contribution in [1.29, 1.82) is 0 Å². The normalized spacial score (nSPS) is 12.2. The van der Waals surface area contributed by atoms with Crippen LogP contribution in [0.2, 0.25) is 0 Å². The number of carboxylic acid groups (broad SMARTS) is 1. The molecule has 0 saturated heterocycles. The highest BCUT2D eigenvalue weighted by atomic mass is 35.5. The first kappa shape index (κ1) is 9.23. The molecule has 1 unspecified atom stereocenters. The van der Waals surface area contributed by atoms with Crippen molar-refractivity contribution in [2.24, 2.45) is 0 Å². The number of rotatable bonds is 3. The van der Waals surface area contributed by atoms with E-state index in [0.29, 0.717) is 0 Å². The van der Waals surface area contributed by atoms with Gasteiger partial charge in [-0.05, 0) is 6.92 Å². The lowest BCUT2D eigenvalue weighted by atomic mass is 10.4. The topological polar surface area (TPSA) is 63.6 Å². The van der Waals surface area contributed by atoms with Crippen molar-refractivity contribution in [3.63, 3.8) is 0 Å². The smallest absolute Gasteiger partial charge is 0.344 e. The first-order valence-corrected chi connectivity index (χ1v) is 3.09. The van der Waals surface area contributed by atoms with E-state index in [1.807, 2.05) is 0 Å². The van der Waals surface area contributed by atoms with Gasteiger partial charge in [-0.1, -0.05) is 0 Å². The van der Waals surface area contributed by atoms with Crippen LogP contribution in [0.4, 0.5) is 0 Å². The lowest BCUT2D eigenvalue weighted by Crippen LogP contribution is -2.24. The third kappa shape index (κ3) is 3.29. The van der Waals surface area contributed by atoms with Crippen molar-refractivity contribution in [2.75, 3.05) is 5.88 Å². The Morgan fingerprint density at radius 1 is 1.70 bits per heavy atom. The molecule has 0 heterocycles. The lowest BCUT2D eigenvalue weighted by Gasteiger charge is -2.05. The van der Waals surface area contributed by atoms with E-state index >= 15 is 0 Å². The van der Waals surface area contributed by atoms with Gasteiger partial charge in [0.2, 0.25) is 0 Å². The Morgan fingerprint density at radius 2 is 2.20 bits per heavy atom. The Morgan fingerprint density at radius 3 is 2.50 bits per heavy atom. The molecule has 0 aliphatic heterocycles. The first-order valence-electron chi connectivity index (χ1n) is 2.56. The summed E-state index contributed by atoms with van der Waals surface area (Å²) in [6.07, 6.45) is -1.12. The Kier molecular flexibility index (Phi) is 3.79. The van der Waals surface area contributed by atoms with E-state index in [9.17, 15) is 9.59 Å². The van der Waals surface area contributed by atoms with Crippen LogP contribution in [0.15, 0.2) is 0 Å². The summed E-state index contributed by atoms with van der Waals surface area (Å²) in [5.74, 6) is -2.23. The summed E-state index contributed by atoms with van der Waals surface area (Å²) in [5.41, 5.74) is 0. The van der Waals surface area contributed by atoms with Crippen LogP contribution >= 0.6 is 11.6 Å². The fourth-order valence-corrected chi connectivity index (χ4v) is 0.342. The number of carbonyl (C=O) groups is 2. The van der Waals surface area contributed by atoms with E-state index in [2.05, 4.69) is 4.74 Å². The van der Waals surface area contributed by atoms with Crippen molar-refractivity contribution in [3.05, 3.63) is 0 Å². The Bertz CT molecular complexity index is 145. The van der Waals surface area contributed by atoms with Crippen LogP contribution < -0.4 is 0 Å². The molecule has 0 saturated carbocycles. The van der Waals surface area contributed by atoms with Crippen LogP contribution in [-0.4, -0.2) is 29.0 Å². The highest BCUT2D eigenvalue weighted by Gasteiger charge is 2.14. The van der Waals surface area contributed by atoms with Crippen LogP contribution in [-0.2, 0) is 14.3 Å². The van der Waals surface area contributed by atoms with Crippen LogP contribution in [0.25, 0.3) is 0 Å². The zero-order chi connectivity index (χ0) is 8.15. The molecule has 10 heavy (non-hydrogen) atoms. The van der Waals surface area contributed by atoms with Crippen LogP contribution in [0.3, 0.4) is 0 Å². The standard InChI is InChI=1S/C5H7ClO4/c1-3(5(8)9)10-4(7)2-6/h3H,2H2,1H3,(H,8,9). The molecule has 0 aliphatic carbocycles. The van der Waals surface area contributed by atoms with Gasteiger partial charge in [-0.3, -0.25) is 4.79 Å². The monoisotopic (exact) mass is 166 g/mol. The maximum absolute atomic E-state index is 10.3. The molecule has 0 radical (unpaired) electrons. The molecule has 0 spiro atoms. The molecule has 0 amide bonds. The average Bonchev–Trinajstić information content (AvgIpc) is 1.87. The third-order valence-electron chi connectivity index (χ3n) is 0.765. The van der Waals surface area contributed by atoms with Crippen molar-refractivity contribution in [2.45, 2.75) is 13.0 Å². The van der Waals surface area contributed by atoms with E-state index in [0.717, 1.165) is 0 Å². The summed E-state index contributed by atoms with van der Waals surface area (Å²) >= 11 is 5.03. The Balaban J connectivity index is 3.68. The van der Waals surface area contributed by atoms with Gasteiger partial charge in [0.25, 0.3) is 0 Å². The summed E-state index contributed by atoms with van der Waals surface area (Å²) in [6.45, 7) is 1.26. The summed E-state index contributed by atoms with van der Waals surface area (Å²) in [7, 11) is 0. The van der Waals surface area contributed by atoms with Crippen LogP contribution in [0.5, 0.6) is 0 Å². The van der Waals surface area contributed by atoms with Crippen molar-refractivity contribution >= 4 is 23.5 Å². The third-order valence-corrected chi connectivity index (χ3v) is 0.983. The second kappa shape index (κ2) is 4.11. The van der Waals surface area contributed by atoms with Crippen molar-refractivity contribution in [1.82, 2.24) is 0 Å². The molecular weight excluding hydrogens is 160 g/mol. The number of aliphatic carboxylic acids is 1. The summed E-state index contributed by atoms with van der Waals surface area (Å²) in [6, 6.07) is 0. The van der Waals surface area contributed by atoms with E-state index in [4.69, 9.17) is 16.7 Å². The molecular formula is C5H7ClO4. The van der Waals surface area contributed by atoms with Crippen molar-refractivity contribution in [3.8, 4) is 0 Å². The maximum atomic E-state index is 10.3. The predicted octanol–water partition coefficient (Wildman–Crippen LogP) is 0.241. The number of esters is 1. The van der Waals surface area contributed by atoms with E-state index in [1.54, 1.807) is 0 Å². The van der Waals surface area contributed by atoms with Gasteiger partial charge in [0.05, 0.1) is 0 Å². The second-order valence-electron chi connectivity index (χ2n) is 1.60. The molecule has 0 fully saturated rings. The number of ether oxygens (including phenoxy) is 1. The number of alkyl halides is 1. The van der Waals surface area contributed by atoms with Crippen molar-refractivity contribution < 1.29 is 19.4 Å². The van der Waals surface area contributed by atoms with Gasteiger partial charge in [0.15, 0.2) is 6.10 Å². The Hall–Kier alpha value is -0.770. The molecule has 0 aromatic carbocycles. The highest BCUT2D eigenvalue weighted by molar-refractivity contribution is 6.26. The minimum Gasteiger partial charge on any atom is -0.479 e. The fraction of sp³-hybridized carbons (Fsp3) is 0.600. The van der Waals surface area contributed by atoms with Crippen LogP contribution in [0.1, 0.15) is 6.92 Å². The predicted molar refractivity (Wildman–Crippen MR) is 33.9 cm³/mol. The van der Waals surface area contributed by atoms with Gasteiger partial charge in [-0.15, -0.1) is 11.6 Å². The zero-order valence-corrected chi connectivity index (χ0v) is 6.09. The van der Waals surface area contributed by atoms with Gasteiger partial charge in [-0.25, -0.2) is 4.79 Å². The average molecular weight is 167 g/mol.